The van der Waals surface area contributed by atoms with Crippen LogP contribution >= 0.6 is 0 Å². The van der Waals surface area contributed by atoms with Gasteiger partial charge in [-0.2, -0.15) is 5.10 Å². The molecule has 0 saturated carbocycles. The van der Waals surface area contributed by atoms with Crippen LogP contribution in [0, 0.1) is 0 Å². The van der Waals surface area contributed by atoms with Crippen molar-refractivity contribution in [3.8, 4) is 11.5 Å². The number of rotatable bonds is 7. The Hall–Kier alpha value is -3.26. The third kappa shape index (κ3) is 5.13. The maximum Gasteiger partial charge on any atom is 0.337 e. The van der Waals surface area contributed by atoms with E-state index in [0.717, 1.165) is 35.5 Å². The zero-order chi connectivity index (χ0) is 23.3. The largest absolute Gasteiger partial charge is 0.493 e. The zero-order valence-corrected chi connectivity index (χ0v) is 19.7. The fourth-order valence-electron chi connectivity index (χ4n) is 3.72. The molecule has 8 heteroatoms. The summed E-state index contributed by atoms with van der Waals surface area (Å²) in [6.45, 7) is 3.79. The number of likely N-dealkylation sites (N-methyl/N-ethyl adjacent to an activating group) is 1. The van der Waals surface area contributed by atoms with E-state index in [1.807, 2.05) is 43.3 Å². The molecule has 1 atom stereocenters. The average Bonchev–Trinajstić information content (AvgIpc) is 2.93. The summed E-state index contributed by atoms with van der Waals surface area (Å²) in [6.07, 6.45) is 0.639. The quantitative estimate of drug-likeness (QED) is 0.693. The van der Waals surface area contributed by atoms with E-state index in [4.69, 9.17) is 14.6 Å². The van der Waals surface area contributed by atoms with E-state index in [0.29, 0.717) is 23.6 Å². The molecule has 8 nitrogen and oxygen atoms in total. The van der Waals surface area contributed by atoms with Gasteiger partial charge >= 0.3 is 6.03 Å². The maximum atomic E-state index is 12.6. The number of ether oxygens (including phenoxy) is 2. The van der Waals surface area contributed by atoms with Crippen LogP contribution in [0.25, 0.3) is 0 Å². The fraction of sp³-hybridized carbons (Fsp3) is 0.417. The van der Waals surface area contributed by atoms with E-state index in [9.17, 15) is 4.79 Å². The fourth-order valence-corrected chi connectivity index (χ4v) is 3.72. The van der Waals surface area contributed by atoms with Crippen molar-refractivity contribution < 1.29 is 14.3 Å². The van der Waals surface area contributed by atoms with Gasteiger partial charge in [-0.1, -0.05) is 12.1 Å². The van der Waals surface area contributed by atoms with E-state index in [1.165, 1.54) is 5.01 Å². The molecule has 2 amide bonds. The van der Waals surface area contributed by atoms with Crippen molar-refractivity contribution in [1.29, 1.82) is 0 Å². The lowest BCUT2D eigenvalue weighted by Gasteiger charge is -2.22. The minimum absolute atomic E-state index is 0.128. The number of methoxy groups -OCH3 is 2. The molecule has 0 radical (unpaired) electrons. The topological polar surface area (TPSA) is 78.4 Å². The lowest BCUT2D eigenvalue weighted by Crippen LogP contribution is -2.41. The van der Waals surface area contributed by atoms with Crippen molar-refractivity contribution in [1.82, 2.24) is 15.2 Å². The molecular weight excluding hydrogens is 406 g/mol. The van der Waals surface area contributed by atoms with Crippen molar-refractivity contribution in [2.45, 2.75) is 19.4 Å². The minimum atomic E-state index is -0.247. The van der Waals surface area contributed by atoms with Gasteiger partial charge in [0.05, 0.1) is 26.0 Å². The number of nitrogens with one attached hydrogen (secondary N) is 2. The first kappa shape index (κ1) is 23.4. The molecule has 0 bridgehead atoms. The number of carbonyl (C=O) groups is 1. The summed E-state index contributed by atoms with van der Waals surface area (Å²) in [5, 5.41) is 12.4. The smallest absolute Gasteiger partial charge is 0.337 e. The van der Waals surface area contributed by atoms with Crippen molar-refractivity contribution >= 4 is 17.4 Å². The number of amides is 2. The number of urea groups is 1. The van der Waals surface area contributed by atoms with Crippen LogP contribution in [0.15, 0.2) is 41.5 Å². The molecule has 172 valence electrons. The Balaban J connectivity index is 2.05. The Morgan fingerprint density at radius 2 is 1.81 bits per heavy atom. The molecule has 1 heterocycles. The summed E-state index contributed by atoms with van der Waals surface area (Å²) in [6, 6.07) is 11.7. The summed E-state index contributed by atoms with van der Waals surface area (Å²) in [5.41, 5.74) is 4.64. The van der Waals surface area contributed by atoms with Crippen LogP contribution in [0.3, 0.4) is 0 Å². The highest BCUT2D eigenvalue weighted by molar-refractivity contribution is 6.14. The average molecular weight is 440 g/mol. The van der Waals surface area contributed by atoms with E-state index in [1.54, 1.807) is 21.3 Å². The molecular formula is C24H33N5O3. The third-order valence-electron chi connectivity index (χ3n) is 5.47. The van der Waals surface area contributed by atoms with Crippen molar-refractivity contribution in [2.75, 3.05) is 53.8 Å². The van der Waals surface area contributed by atoms with Crippen LogP contribution in [-0.4, -0.2) is 76.1 Å². The molecule has 1 aliphatic heterocycles. The van der Waals surface area contributed by atoms with Gasteiger partial charge in [-0.25, -0.2) is 9.80 Å². The Labute approximate surface area is 190 Å². The number of benzene rings is 2. The molecule has 2 aromatic carbocycles. The van der Waals surface area contributed by atoms with E-state index in [-0.39, 0.29) is 12.1 Å². The lowest BCUT2D eigenvalue weighted by molar-refractivity contribution is 0.184. The molecule has 0 aromatic heterocycles. The van der Waals surface area contributed by atoms with Crippen molar-refractivity contribution in [3.63, 3.8) is 0 Å². The predicted octanol–water partition coefficient (Wildman–Crippen LogP) is 3.02. The van der Waals surface area contributed by atoms with Crippen LogP contribution in [0.1, 0.15) is 23.6 Å². The van der Waals surface area contributed by atoms with Gasteiger partial charge in [0.25, 0.3) is 0 Å². The van der Waals surface area contributed by atoms with Crippen molar-refractivity contribution in [3.05, 3.63) is 53.1 Å². The number of nitrogens with zero attached hydrogens (tertiary/aromatic N) is 3. The molecule has 0 fully saturated rings. The standard InChI is InChI=1S/C24H33N5O3/c1-16-13-18-14-21(31-5)22(32-6)15-20(18)23(27-29(16)24(30)25-2)17-7-9-19(10-8-17)26-11-12-28(3)4/h7-10,14-16,26H,11-13H2,1-6H3,(H,25,30). The zero-order valence-electron chi connectivity index (χ0n) is 19.7. The number of hydrogen-bond donors (Lipinski definition) is 2. The van der Waals surface area contributed by atoms with Gasteiger partial charge in [0.15, 0.2) is 11.5 Å². The Morgan fingerprint density at radius 3 is 2.41 bits per heavy atom. The molecule has 0 aliphatic carbocycles. The van der Waals surface area contributed by atoms with E-state index < -0.39 is 0 Å². The molecule has 0 saturated heterocycles. The number of carbonyl (C=O) groups excluding carboxylic acids is 1. The highest BCUT2D eigenvalue weighted by Crippen LogP contribution is 2.34. The normalized spacial score (nSPS) is 15.5. The molecule has 32 heavy (non-hydrogen) atoms. The Morgan fingerprint density at radius 1 is 1.16 bits per heavy atom. The van der Waals surface area contributed by atoms with Gasteiger partial charge in [0.2, 0.25) is 0 Å². The van der Waals surface area contributed by atoms with Gasteiger partial charge in [0, 0.05) is 37.0 Å². The Bertz CT molecular complexity index is 972. The molecule has 1 unspecified atom stereocenters. The van der Waals surface area contributed by atoms with Crippen LogP contribution in [-0.2, 0) is 6.42 Å². The maximum absolute atomic E-state index is 12.6. The molecule has 2 aromatic rings. The summed E-state index contributed by atoms with van der Waals surface area (Å²) in [4.78, 5) is 14.7. The molecule has 3 rings (SSSR count). The van der Waals surface area contributed by atoms with Gasteiger partial charge in [-0.05, 0) is 57.3 Å². The lowest BCUT2D eigenvalue weighted by atomic mass is 9.94. The van der Waals surface area contributed by atoms with Crippen LogP contribution < -0.4 is 20.1 Å². The second kappa shape index (κ2) is 10.4. The first-order valence-electron chi connectivity index (χ1n) is 10.7. The minimum Gasteiger partial charge on any atom is -0.493 e. The molecule has 1 aliphatic rings. The number of anilines is 1. The summed E-state index contributed by atoms with van der Waals surface area (Å²) < 4.78 is 11.1. The van der Waals surface area contributed by atoms with Crippen LogP contribution in [0.5, 0.6) is 11.5 Å². The number of fused-ring (bicyclic) bond motifs is 1. The monoisotopic (exact) mass is 439 g/mol. The first-order valence-corrected chi connectivity index (χ1v) is 10.7. The summed E-state index contributed by atoms with van der Waals surface area (Å²) in [5.74, 6) is 1.29. The van der Waals surface area contributed by atoms with Gasteiger partial charge in [-0.15, -0.1) is 0 Å². The SMILES string of the molecule is CNC(=O)N1N=C(c2ccc(NCCN(C)C)cc2)c2cc(OC)c(OC)cc2CC1C. The summed E-state index contributed by atoms with van der Waals surface area (Å²) in [7, 11) is 8.95. The van der Waals surface area contributed by atoms with Crippen LogP contribution in [0.4, 0.5) is 10.5 Å². The Kier molecular flexibility index (Phi) is 7.58. The van der Waals surface area contributed by atoms with Crippen molar-refractivity contribution in [2.24, 2.45) is 5.10 Å². The highest BCUT2D eigenvalue weighted by Gasteiger charge is 2.28. The van der Waals surface area contributed by atoms with E-state index in [2.05, 4.69) is 29.6 Å². The molecule has 2 N–H and O–H groups in total. The van der Waals surface area contributed by atoms with Gasteiger partial charge in [-0.3, -0.25) is 0 Å². The second-order valence-electron chi connectivity index (χ2n) is 8.07. The highest BCUT2D eigenvalue weighted by atomic mass is 16.5. The number of hydrazone groups is 1. The third-order valence-corrected chi connectivity index (χ3v) is 5.47. The van der Waals surface area contributed by atoms with E-state index >= 15 is 0 Å². The molecule has 0 spiro atoms. The second-order valence-corrected chi connectivity index (χ2v) is 8.07. The van der Waals surface area contributed by atoms with Gasteiger partial charge < -0.3 is 25.0 Å². The van der Waals surface area contributed by atoms with Crippen LogP contribution in [0.2, 0.25) is 0 Å². The summed E-state index contributed by atoms with van der Waals surface area (Å²) >= 11 is 0. The van der Waals surface area contributed by atoms with Gasteiger partial charge in [0.1, 0.15) is 0 Å². The number of hydrogen-bond acceptors (Lipinski definition) is 6. The predicted molar refractivity (Wildman–Crippen MR) is 128 cm³/mol. The first-order chi connectivity index (χ1) is 15.4.